The smallest absolute Gasteiger partial charge is 0.322 e. The second-order valence-corrected chi connectivity index (χ2v) is 7.78. The molecule has 0 radical (unpaired) electrons. The minimum absolute atomic E-state index is 0.0926. The van der Waals surface area contributed by atoms with Crippen LogP contribution in [0, 0.1) is 5.82 Å². The third-order valence-corrected chi connectivity index (χ3v) is 5.10. The molecule has 0 spiro atoms. The molecule has 2 atom stereocenters. The van der Waals surface area contributed by atoms with Gasteiger partial charge in [0.25, 0.3) is 11.8 Å². The van der Waals surface area contributed by atoms with E-state index < -0.39 is 35.7 Å². The molecule has 174 valence electrons. The van der Waals surface area contributed by atoms with Crippen LogP contribution in [0.5, 0.6) is 5.88 Å². The van der Waals surface area contributed by atoms with Crippen molar-refractivity contribution in [3.63, 3.8) is 0 Å². The predicted octanol–water partition coefficient (Wildman–Crippen LogP) is 3.46. The molecule has 0 saturated carbocycles. The van der Waals surface area contributed by atoms with E-state index in [1.54, 1.807) is 37.3 Å². The number of aromatic hydroxyl groups is 1. The first-order valence-corrected chi connectivity index (χ1v) is 10.6. The zero-order valence-electron chi connectivity index (χ0n) is 17.8. The van der Waals surface area contributed by atoms with Gasteiger partial charge in [-0.1, -0.05) is 35.9 Å². The Labute approximate surface area is 194 Å². The van der Waals surface area contributed by atoms with Crippen molar-refractivity contribution in [2.75, 3.05) is 6.61 Å². The van der Waals surface area contributed by atoms with Gasteiger partial charge in [-0.25, -0.2) is 4.39 Å². The number of hydrogen-bond donors (Lipinski definition) is 3. The summed E-state index contributed by atoms with van der Waals surface area (Å²) >= 11 is 5.98. The molecule has 10 heteroatoms. The van der Waals surface area contributed by atoms with Gasteiger partial charge in [-0.15, -0.1) is 0 Å². The van der Waals surface area contributed by atoms with E-state index >= 15 is 0 Å². The molecule has 3 rings (SSSR count). The summed E-state index contributed by atoms with van der Waals surface area (Å²) in [5.74, 6) is -2.21. The number of nitrogens with two attached hydrogens (primary N) is 1. The second kappa shape index (κ2) is 10.9. The number of carbonyl (C=O) groups excluding carboxylic acids is 2. The Bertz CT molecular complexity index is 1120. The van der Waals surface area contributed by atoms with Crippen LogP contribution in [-0.4, -0.2) is 40.8 Å². The molecule has 4 N–H and O–H groups in total. The number of nitrogens with zero attached hydrogens (tertiary/aromatic N) is 1. The standard InChI is InChI=1S/C23H23ClFN3O5/c1-2-32-23(31)19(26)11-16(27-22(30)20-12-21(29)28-33-20)9-13-3-5-14(6-4-13)17-10-15(24)7-8-18(17)25/h3-8,10,12,16,19H,2,9,11,26H2,1H3,(H,27,30)(H,28,29)/t16-,19+/m1/s1. The summed E-state index contributed by atoms with van der Waals surface area (Å²) < 4.78 is 23.9. The van der Waals surface area contributed by atoms with Crippen LogP contribution in [0.25, 0.3) is 11.1 Å². The fourth-order valence-electron chi connectivity index (χ4n) is 3.30. The van der Waals surface area contributed by atoms with Crippen LogP contribution in [0.3, 0.4) is 0 Å². The predicted molar refractivity (Wildman–Crippen MR) is 119 cm³/mol. The van der Waals surface area contributed by atoms with E-state index in [-0.39, 0.29) is 18.8 Å². The largest absolute Gasteiger partial charge is 0.491 e. The lowest BCUT2D eigenvalue weighted by molar-refractivity contribution is -0.145. The second-order valence-electron chi connectivity index (χ2n) is 7.34. The highest BCUT2D eigenvalue weighted by molar-refractivity contribution is 6.30. The molecule has 0 saturated heterocycles. The Morgan fingerprint density at radius 2 is 1.97 bits per heavy atom. The normalized spacial score (nSPS) is 12.7. The molecule has 0 aliphatic heterocycles. The van der Waals surface area contributed by atoms with Gasteiger partial charge >= 0.3 is 5.97 Å². The van der Waals surface area contributed by atoms with Crippen LogP contribution in [0.4, 0.5) is 4.39 Å². The fourth-order valence-corrected chi connectivity index (χ4v) is 3.47. The van der Waals surface area contributed by atoms with Gasteiger partial charge in [0.1, 0.15) is 11.9 Å². The summed E-state index contributed by atoms with van der Waals surface area (Å²) in [6.07, 6.45) is 0.409. The lowest BCUT2D eigenvalue weighted by atomic mass is 9.97. The molecule has 0 bridgehead atoms. The summed E-state index contributed by atoms with van der Waals surface area (Å²) in [5, 5.41) is 15.7. The van der Waals surface area contributed by atoms with Gasteiger partial charge in [-0.3, -0.25) is 9.59 Å². The zero-order chi connectivity index (χ0) is 24.0. The maximum Gasteiger partial charge on any atom is 0.322 e. The average molecular weight is 476 g/mol. The van der Waals surface area contributed by atoms with Gasteiger partial charge in [-0.05, 0) is 54.2 Å². The van der Waals surface area contributed by atoms with Crippen LogP contribution in [-0.2, 0) is 16.0 Å². The number of amides is 1. The van der Waals surface area contributed by atoms with E-state index in [2.05, 4.69) is 10.5 Å². The first-order valence-electron chi connectivity index (χ1n) is 10.2. The van der Waals surface area contributed by atoms with Crippen LogP contribution >= 0.6 is 11.6 Å². The van der Waals surface area contributed by atoms with E-state index in [0.29, 0.717) is 22.6 Å². The van der Waals surface area contributed by atoms with Crippen molar-refractivity contribution >= 4 is 23.5 Å². The summed E-state index contributed by atoms with van der Waals surface area (Å²) in [6, 6.07) is 10.9. The molecular formula is C23H23ClFN3O5. The molecule has 1 amide bonds. The Kier molecular flexibility index (Phi) is 8.02. The topological polar surface area (TPSA) is 128 Å². The third kappa shape index (κ3) is 6.53. The van der Waals surface area contributed by atoms with Crippen molar-refractivity contribution in [1.82, 2.24) is 10.5 Å². The monoisotopic (exact) mass is 475 g/mol. The van der Waals surface area contributed by atoms with Crippen molar-refractivity contribution in [2.45, 2.75) is 31.8 Å². The van der Waals surface area contributed by atoms with Gasteiger partial charge in [0.05, 0.1) is 12.7 Å². The minimum Gasteiger partial charge on any atom is -0.491 e. The SMILES string of the molecule is CCOC(=O)[C@@H](N)C[C@@H](Cc1ccc(-c2cc(Cl)ccc2F)cc1)NC(=O)c1cc(O)no1. The molecule has 8 nitrogen and oxygen atoms in total. The molecule has 1 heterocycles. The molecule has 0 fully saturated rings. The molecule has 33 heavy (non-hydrogen) atoms. The highest BCUT2D eigenvalue weighted by Crippen LogP contribution is 2.26. The van der Waals surface area contributed by atoms with Gasteiger partial charge in [0.2, 0.25) is 5.76 Å². The summed E-state index contributed by atoms with van der Waals surface area (Å²) in [5.41, 5.74) is 7.77. The number of rotatable bonds is 9. The molecule has 3 aromatic rings. The molecule has 2 aromatic carbocycles. The quantitative estimate of drug-likeness (QED) is 0.404. The Hall–Kier alpha value is -3.43. The number of halogens is 2. The van der Waals surface area contributed by atoms with E-state index in [1.165, 1.54) is 12.1 Å². The number of esters is 1. The maximum atomic E-state index is 14.2. The maximum absolute atomic E-state index is 14.2. The molecule has 0 unspecified atom stereocenters. The van der Waals surface area contributed by atoms with E-state index in [4.69, 9.17) is 26.6 Å². The van der Waals surface area contributed by atoms with Crippen LogP contribution < -0.4 is 11.1 Å². The van der Waals surface area contributed by atoms with Gasteiger partial charge < -0.3 is 25.4 Å². The van der Waals surface area contributed by atoms with Crippen LogP contribution in [0.15, 0.2) is 53.1 Å². The highest BCUT2D eigenvalue weighted by atomic mass is 35.5. The Morgan fingerprint density at radius 3 is 2.61 bits per heavy atom. The van der Waals surface area contributed by atoms with Crippen LogP contribution in [0.1, 0.15) is 29.5 Å². The summed E-state index contributed by atoms with van der Waals surface area (Å²) in [6.45, 7) is 1.85. The molecular weight excluding hydrogens is 453 g/mol. The zero-order valence-corrected chi connectivity index (χ0v) is 18.5. The van der Waals surface area contributed by atoms with Crippen molar-refractivity contribution in [2.24, 2.45) is 5.73 Å². The van der Waals surface area contributed by atoms with Crippen molar-refractivity contribution < 1.29 is 28.3 Å². The number of aromatic nitrogens is 1. The number of nitrogens with one attached hydrogen (secondary N) is 1. The average Bonchev–Trinajstić information content (AvgIpc) is 3.22. The van der Waals surface area contributed by atoms with E-state index in [1.807, 2.05) is 0 Å². The molecule has 0 aliphatic carbocycles. The summed E-state index contributed by atoms with van der Waals surface area (Å²) in [7, 11) is 0. The number of hydrogen-bond acceptors (Lipinski definition) is 7. The van der Waals surface area contributed by atoms with E-state index in [9.17, 15) is 19.1 Å². The van der Waals surface area contributed by atoms with E-state index in [0.717, 1.165) is 11.6 Å². The van der Waals surface area contributed by atoms with Gasteiger partial charge in [-0.2, -0.15) is 0 Å². The number of ether oxygens (including phenoxy) is 1. The Morgan fingerprint density at radius 1 is 1.24 bits per heavy atom. The first-order chi connectivity index (χ1) is 15.8. The van der Waals surface area contributed by atoms with Crippen molar-refractivity contribution in [1.29, 1.82) is 0 Å². The van der Waals surface area contributed by atoms with Crippen molar-refractivity contribution in [3.8, 4) is 17.0 Å². The highest BCUT2D eigenvalue weighted by Gasteiger charge is 2.24. The number of benzene rings is 2. The van der Waals surface area contributed by atoms with Crippen molar-refractivity contribution in [3.05, 3.63) is 70.7 Å². The molecule has 1 aromatic heterocycles. The summed E-state index contributed by atoms with van der Waals surface area (Å²) in [4.78, 5) is 24.5. The van der Waals surface area contributed by atoms with Crippen LogP contribution in [0.2, 0.25) is 5.02 Å². The fraction of sp³-hybridized carbons (Fsp3) is 0.261. The number of carbonyl (C=O) groups is 2. The lowest BCUT2D eigenvalue weighted by Gasteiger charge is -2.21. The minimum atomic E-state index is -0.960. The first kappa shape index (κ1) is 24.2. The van der Waals surface area contributed by atoms with Gasteiger partial charge in [0, 0.05) is 16.6 Å². The Balaban J connectivity index is 1.77. The third-order valence-electron chi connectivity index (χ3n) is 4.86. The molecule has 0 aliphatic rings. The lowest BCUT2D eigenvalue weighted by Crippen LogP contribution is -2.44. The van der Waals surface area contributed by atoms with Gasteiger partial charge in [0.15, 0.2) is 0 Å².